The lowest BCUT2D eigenvalue weighted by Crippen LogP contribution is -2.46. The highest BCUT2D eigenvalue weighted by Gasteiger charge is 2.37. The maximum Gasteiger partial charge on any atom is 0.259 e. The van der Waals surface area contributed by atoms with Gasteiger partial charge in [0.1, 0.15) is 0 Å². The van der Waals surface area contributed by atoms with Gasteiger partial charge in [-0.05, 0) is 51.6 Å². The minimum Gasteiger partial charge on any atom is -0.348 e. The van der Waals surface area contributed by atoms with E-state index < -0.39 is 0 Å². The second kappa shape index (κ2) is 5.80. The molecule has 1 aliphatic carbocycles. The fourth-order valence-corrected chi connectivity index (χ4v) is 4.54. The molecule has 2 saturated heterocycles. The molecule has 6 heteroatoms. The number of nitrogens with one attached hydrogen (secondary N) is 1. The molecule has 2 aliphatic heterocycles. The van der Waals surface area contributed by atoms with Crippen molar-refractivity contribution in [1.82, 2.24) is 20.4 Å². The van der Waals surface area contributed by atoms with E-state index in [0.717, 1.165) is 42.6 Å². The number of fused-ring (bicyclic) bond motifs is 2. The number of rotatable bonds is 3. The third kappa shape index (κ3) is 2.63. The van der Waals surface area contributed by atoms with Crippen molar-refractivity contribution >= 4 is 17.0 Å². The Morgan fingerprint density at radius 3 is 2.96 bits per heavy atom. The summed E-state index contributed by atoms with van der Waals surface area (Å²) in [6.07, 6.45) is 7.08. The smallest absolute Gasteiger partial charge is 0.259 e. The molecule has 1 amide bonds. The predicted molar refractivity (Wildman–Crippen MR) is 93.6 cm³/mol. The van der Waals surface area contributed by atoms with E-state index in [1.807, 2.05) is 13.0 Å². The van der Waals surface area contributed by atoms with Crippen molar-refractivity contribution in [3.63, 3.8) is 0 Å². The monoisotopic (exact) mass is 340 g/mol. The first-order valence-electron chi connectivity index (χ1n) is 9.52. The molecular formula is C19H24N4O2. The number of hydrogen-bond acceptors (Lipinski definition) is 5. The van der Waals surface area contributed by atoms with Gasteiger partial charge in [0, 0.05) is 30.2 Å². The highest BCUT2D eigenvalue weighted by Crippen LogP contribution is 2.40. The number of amides is 1. The summed E-state index contributed by atoms with van der Waals surface area (Å²) >= 11 is 0. The Balaban J connectivity index is 1.45. The van der Waals surface area contributed by atoms with Gasteiger partial charge in [-0.3, -0.25) is 9.69 Å². The predicted octanol–water partition coefficient (Wildman–Crippen LogP) is 2.77. The van der Waals surface area contributed by atoms with E-state index in [9.17, 15) is 4.79 Å². The standard InChI is InChI=1S/C19H24N4O2/c1-11-17-13(10-15(12-5-6-12)21-19(17)25-22-11)18(24)20-14-7-9-23-8-3-2-4-16(14)23/h10,12,14,16H,2-9H2,1H3,(H,20,24)/t14-,16+/m1/s1. The number of aryl methyl sites for hydroxylation is 1. The third-order valence-electron chi connectivity index (χ3n) is 6.05. The van der Waals surface area contributed by atoms with Crippen LogP contribution in [0.5, 0.6) is 0 Å². The van der Waals surface area contributed by atoms with E-state index in [-0.39, 0.29) is 11.9 Å². The first-order valence-corrected chi connectivity index (χ1v) is 9.52. The van der Waals surface area contributed by atoms with Gasteiger partial charge < -0.3 is 9.84 Å². The number of hydrogen-bond donors (Lipinski definition) is 1. The van der Waals surface area contributed by atoms with Crippen LogP contribution in [0.15, 0.2) is 10.6 Å². The molecule has 132 valence electrons. The fraction of sp³-hybridized carbons (Fsp3) is 0.632. The first kappa shape index (κ1) is 15.3. The molecule has 0 radical (unpaired) electrons. The maximum absolute atomic E-state index is 13.1. The Morgan fingerprint density at radius 2 is 2.12 bits per heavy atom. The van der Waals surface area contributed by atoms with Crippen molar-refractivity contribution in [3.05, 3.63) is 23.0 Å². The lowest BCUT2D eigenvalue weighted by molar-refractivity contribution is 0.0916. The Hall–Kier alpha value is -1.95. The van der Waals surface area contributed by atoms with Gasteiger partial charge >= 0.3 is 0 Å². The van der Waals surface area contributed by atoms with E-state index >= 15 is 0 Å². The summed E-state index contributed by atoms with van der Waals surface area (Å²) < 4.78 is 5.36. The lowest BCUT2D eigenvalue weighted by Gasteiger charge is -2.32. The van der Waals surface area contributed by atoms with Crippen LogP contribution in [0.25, 0.3) is 11.1 Å². The summed E-state index contributed by atoms with van der Waals surface area (Å²) in [6.45, 7) is 4.15. The molecule has 25 heavy (non-hydrogen) atoms. The molecule has 1 N–H and O–H groups in total. The normalized spacial score (nSPS) is 26.8. The Labute approximate surface area is 146 Å². The van der Waals surface area contributed by atoms with Crippen LogP contribution >= 0.6 is 0 Å². The quantitative estimate of drug-likeness (QED) is 0.930. The zero-order chi connectivity index (χ0) is 17.0. The number of carbonyl (C=O) groups excluding carboxylic acids is 1. The van der Waals surface area contributed by atoms with E-state index in [1.165, 1.54) is 25.8 Å². The van der Waals surface area contributed by atoms with Gasteiger partial charge in [-0.15, -0.1) is 0 Å². The van der Waals surface area contributed by atoms with Gasteiger partial charge in [-0.1, -0.05) is 11.6 Å². The highest BCUT2D eigenvalue weighted by molar-refractivity contribution is 6.06. The summed E-state index contributed by atoms with van der Waals surface area (Å²) in [5.74, 6) is 0.472. The summed E-state index contributed by atoms with van der Waals surface area (Å²) in [7, 11) is 0. The molecule has 3 aliphatic rings. The van der Waals surface area contributed by atoms with E-state index in [0.29, 0.717) is 23.2 Å². The van der Waals surface area contributed by atoms with Crippen LogP contribution in [-0.2, 0) is 0 Å². The minimum absolute atomic E-state index is 0.00183. The van der Waals surface area contributed by atoms with Crippen molar-refractivity contribution in [3.8, 4) is 0 Å². The topological polar surface area (TPSA) is 71.3 Å². The molecule has 4 heterocycles. The van der Waals surface area contributed by atoms with Crippen molar-refractivity contribution in [2.45, 2.75) is 63.5 Å². The van der Waals surface area contributed by atoms with Crippen molar-refractivity contribution < 1.29 is 9.32 Å². The molecule has 0 aromatic carbocycles. The van der Waals surface area contributed by atoms with Crippen LogP contribution in [-0.4, -0.2) is 46.1 Å². The van der Waals surface area contributed by atoms with Gasteiger partial charge in [-0.25, -0.2) is 4.98 Å². The zero-order valence-corrected chi connectivity index (χ0v) is 14.6. The van der Waals surface area contributed by atoms with E-state index in [1.54, 1.807) is 0 Å². The molecule has 5 rings (SSSR count). The molecule has 0 unspecified atom stereocenters. The van der Waals surface area contributed by atoms with Crippen LogP contribution in [0.1, 0.15) is 66.2 Å². The second-order valence-corrected chi connectivity index (χ2v) is 7.78. The SMILES string of the molecule is Cc1noc2nc(C3CC3)cc(C(=O)N[C@@H]3CCN4CCCC[C@@H]34)c12. The largest absolute Gasteiger partial charge is 0.348 e. The summed E-state index contributed by atoms with van der Waals surface area (Å²) in [6, 6.07) is 2.72. The van der Waals surface area contributed by atoms with Crippen molar-refractivity contribution in [2.75, 3.05) is 13.1 Å². The van der Waals surface area contributed by atoms with Crippen LogP contribution in [0.3, 0.4) is 0 Å². The molecule has 1 saturated carbocycles. The van der Waals surface area contributed by atoms with E-state index in [4.69, 9.17) is 4.52 Å². The van der Waals surface area contributed by atoms with Crippen LogP contribution in [0.2, 0.25) is 0 Å². The van der Waals surface area contributed by atoms with Crippen LogP contribution in [0.4, 0.5) is 0 Å². The number of carbonyl (C=O) groups is 1. The van der Waals surface area contributed by atoms with Crippen molar-refractivity contribution in [1.29, 1.82) is 0 Å². The van der Waals surface area contributed by atoms with Gasteiger partial charge in [0.05, 0.1) is 16.6 Å². The average Bonchev–Trinajstić information content (AvgIpc) is 3.32. The molecule has 6 nitrogen and oxygen atoms in total. The summed E-state index contributed by atoms with van der Waals surface area (Å²) in [5, 5.41) is 8.11. The van der Waals surface area contributed by atoms with Gasteiger partial charge in [0.15, 0.2) is 0 Å². The summed E-state index contributed by atoms with van der Waals surface area (Å²) in [5.41, 5.74) is 2.89. The lowest BCUT2D eigenvalue weighted by atomic mass is 9.98. The molecule has 0 spiro atoms. The summed E-state index contributed by atoms with van der Waals surface area (Å²) in [4.78, 5) is 20.2. The van der Waals surface area contributed by atoms with Gasteiger partial charge in [0.25, 0.3) is 11.6 Å². The molecule has 2 aromatic rings. The Kier molecular flexibility index (Phi) is 3.55. The minimum atomic E-state index is -0.00183. The maximum atomic E-state index is 13.1. The number of nitrogens with zero attached hydrogens (tertiary/aromatic N) is 3. The van der Waals surface area contributed by atoms with Gasteiger partial charge in [0.2, 0.25) is 0 Å². The molecule has 2 aromatic heterocycles. The number of piperidine rings is 1. The molecule has 3 fully saturated rings. The Bertz CT molecular complexity index is 826. The van der Waals surface area contributed by atoms with E-state index in [2.05, 4.69) is 20.4 Å². The third-order valence-corrected chi connectivity index (χ3v) is 6.05. The Morgan fingerprint density at radius 1 is 1.24 bits per heavy atom. The number of pyridine rings is 1. The molecule has 0 bridgehead atoms. The van der Waals surface area contributed by atoms with Crippen LogP contribution in [0, 0.1) is 6.92 Å². The first-order chi connectivity index (χ1) is 12.2. The molecule has 2 atom stereocenters. The van der Waals surface area contributed by atoms with Crippen LogP contribution < -0.4 is 5.32 Å². The highest BCUT2D eigenvalue weighted by atomic mass is 16.5. The number of aromatic nitrogens is 2. The van der Waals surface area contributed by atoms with Crippen molar-refractivity contribution in [2.24, 2.45) is 0 Å². The zero-order valence-electron chi connectivity index (χ0n) is 14.6. The molecular weight excluding hydrogens is 316 g/mol. The average molecular weight is 340 g/mol. The fourth-order valence-electron chi connectivity index (χ4n) is 4.54. The van der Waals surface area contributed by atoms with Gasteiger partial charge in [-0.2, -0.15) is 0 Å². The second-order valence-electron chi connectivity index (χ2n) is 7.78.